The van der Waals surface area contributed by atoms with Crippen molar-refractivity contribution in [1.29, 1.82) is 0 Å². The minimum absolute atomic E-state index is 0.311. The zero-order chi connectivity index (χ0) is 12.5. The van der Waals surface area contributed by atoms with Gasteiger partial charge >= 0.3 is 0 Å². The number of nitrogens with one attached hydrogen (secondary N) is 3. The molecule has 0 saturated carbocycles. The van der Waals surface area contributed by atoms with E-state index in [0.717, 1.165) is 5.52 Å². The topological polar surface area (TPSA) is 112 Å². The van der Waals surface area contributed by atoms with Crippen LogP contribution in [0.25, 0.3) is 11.0 Å². The predicted octanol–water partition coefficient (Wildman–Crippen LogP) is 1.12. The van der Waals surface area contributed by atoms with Crippen LogP contribution in [0.4, 0.5) is 11.6 Å². The number of benzene rings is 1. The van der Waals surface area contributed by atoms with Crippen molar-refractivity contribution in [2.75, 3.05) is 11.1 Å². The molecule has 3 rings (SSSR count). The number of carbonyl (C=O) groups is 1. The molecule has 0 aliphatic carbocycles. The SMILES string of the molecule is Nc1cc(C(=O)Nc2ncc[nH]2)c2nc[nH]c2c1. The Balaban J connectivity index is 2.03. The van der Waals surface area contributed by atoms with Crippen LogP contribution in [0.2, 0.25) is 0 Å². The number of nitrogens with zero attached hydrogens (tertiary/aromatic N) is 2. The minimum Gasteiger partial charge on any atom is -0.399 e. The van der Waals surface area contributed by atoms with E-state index >= 15 is 0 Å². The smallest absolute Gasteiger partial charge is 0.260 e. The first kappa shape index (κ1) is 10.3. The summed E-state index contributed by atoms with van der Waals surface area (Å²) in [5.74, 6) is 0.0699. The molecular weight excluding hydrogens is 232 g/mol. The molecule has 0 atom stereocenters. The molecule has 2 aromatic heterocycles. The summed E-state index contributed by atoms with van der Waals surface area (Å²) >= 11 is 0. The number of hydrogen-bond acceptors (Lipinski definition) is 4. The van der Waals surface area contributed by atoms with Gasteiger partial charge in [0.25, 0.3) is 5.91 Å². The number of imidazole rings is 2. The summed E-state index contributed by atoms with van der Waals surface area (Å²) < 4.78 is 0. The summed E-state index contributed by atoms with van der Waals surface area (Å²) in [6.45, 7) is 0. The predicted molar refractivity (Wildman–Crippen MR) is 67.0 cm³/mol. The van der Waals surface area contributed by atoms with E-state index in [2.05, 4.69) is 25.3 Å². The fourth-order valence-corrected chi connectivity index (χ4v) is 1.75. The highest BCUT2D eigenvalue weighted by atomic mass is 16.1. The number of anilines is 2. The van der Waals surface area contributed by atoms with Gasteiger partial charge in [-0.1, -0.05) is 0 Å². The lowest BCUT2D eigenvalue weighted by molar-refractivity contribution is 0.102. The van der Waals surface area contributed by atoms with Gasteiger partial charge in [0.2, 0.25) is 5.95 Å². The second-order valence-corrected chi connectivity index (χ2v) is 3.76. The fraction of sp³-hybridized carbons (Fsp3) is 0. The van der Waals surface area contributed by atoms with Crippen LogP contribution in [0.3, 0.4) is 0 Å². The molecule has 0 bridgehead atoms. The fourth-order valence-electron chi connectivity index (χ4n) is 1.75. The normalized spacial score (nSPS) is 10.7. The van der Waals surface area contributed by atoms with E-state index in [9.17, 15) is 4.79 Å². The summed E-state index contributed by atoms with van der Waals surface area (Å²) in [4.78, 5) is 25.8. The van der Waals surface area contributed by atoms with Gasteiger partial charge in [-0.05, 0) is 12.1 Å². The number of rotatable bonds is 2. The summed E-state index contributed by atoms with van der Waals surface area (Å²) in [7, 11) is 0. The standard InChI is InChI=1S/C11H10N6O/c12-6-3-7(9-8(4-6)15-5-16-9)10(18)17-11-13-1-2-14-11/h1-5H,12H2,(H,15,16)(H2,13,14,17,18). The van der Waals surface area contributed by atoms with Crippen molar-refractivity contribution in [3.05, 3.63) is 36.4 Å². The van der Waals surface area contributed by atoms with E-state index in [-0.39, 0.29) is 5.91 Å². The molecular formula is C11H10N6O. The highest BCUT2D eigenvalue weighted by Gasteiger charge is 2.14. The first-order chi connectivity index (χ1) is 8.74. The maximum absolute atomic E-state index is 12.1. The highest BCUT2D eigenvalue weighted by Crippen LogP contribution is 2.20. The first-order valence-electron chi connectivity index (χ1n) is 5.27. The molecule has 90 valence electrons. The number of fused-ring (bicyclic) bond motifs is 1. The van der Waals surface area contributed by atoms with Crippen molar-refractivity contribution < 1.29 is 4.79 Å². The quantitative estimate of drug-likeness (QED) is 0.504. The molecule has 1 aromatic carbocycles. The molecule has 7 nitrogen and oxygen atoms in total. The van der Waals surface area contributed by atoms with Gasteiger partial charge in [-0.15, -0.1) is 0 Å². The first-order valence-corrected chi connectivity index (χ1v) is 5.27. The summed E-state index contributed by atoms with van der Waals surface area (Å²) in [6, 6.07) is 3.31. The summed E-state index contributed by atoms with van der Waals surface area (Å²) in [5, 5.41) is 2.63. The van der Waals surface area contributed by atoms with Gasteiger partial charge in [-0.3, -0.25) is 10.1 Å². The maximum atomic E-state index is 12.1. The number of H-pyrrole nitrogens is 2. The average Bonchev–Trinajstić information content (AvgIpc) is 2.97. The van der Waals surface area contributed by atoms with Crippen molar-refractivity contribution in [2.45, 2.75) is 0 Å². The molecule has 0 aliphatic rings. The lowest BCUT2D eigenvalue weighted by Gasteiger charge is -2.04. The Labute approximate surface area is 101 Å². The third-order valence-electron chi connectivity index (χ3n) is 2.52. The molecule has 3 aromatic rings. The van der Waals surface area contributed by atoms with Gasteiger partial charge in [0.15, 0.2) is 0 Å². The molecule has 18 heavy (non-hydrogen) atoms. The zero-order valence-corrected chi connectivity index (χ0v) is 9.27. The van der Waals surface area contributed by atoms with Gasteiger partial charge in [0.1, 0.15) is 5.52 Å². The van der Waals surface area contributed by atoms with Crippen molar-refractivity contribution in [2.24, 2.45) is 0 Å². The van der Waals surface area contributed by atoms with E-state index in [1.165, 1.54) is 6.33 Å². The van der Waals surface area contributed by atoms with E-state index in [4.69, 9.17) is 5.73 Å². The van der Waals surface area contributed by atoms with Crippen LogP contribution in [-0.4, -0.2) is 25.8 Å². The second-order valence-electron chi connectivity index (χ2n) is 3.76. The molecule has 1 amide bonds. The molecule has 5 N–H and O–H groups in total. The molecule has 0 spiro atoms. The maximum Gasteiger partial charge on any atom is 0.260 e. The Kier molecular flexibility index (Phi) is 2.23. The van der Waals surface area contributed by atoms with Gasteiger partial charge in [0, 0.05) is 18.1 Å². The van der Waals surface area contributed by atoms with Crippen LogP contribution in [0.15, 0.2) is 30.9 Å². The van der Waals surface area contributed by atoms with Crippen molar-refractivity contribution in [1.82, 2.24) is 19.9 Å². The molecule has 2 heterocycles. The van der Waals surface area contributed by atoms with Gasteiger partial charge in [-0.2, -0.15) is 0 Å². The summed E-state index contributed by atoms with van der Waals surface area (Å²) in [6.07, 6.45) is 4.70. The third-order valence-corrected chi connectivity index (χ3v) is 2.52. The molecule has 0 fully saturated rings. The molecule has 0 aliphatic heterocycles. The van der Waals surface area contributed by atoms with Crippen LogP contribution >= 0.6 is 0 Å². The molecule has 0 saturated heterocycles. The molecule has 7 heteroatoms. The zero-order valence-electron chi connectivity index (χ0n) is 9.27. The second kappa shape index (κ2) is 3.88. The van der Waals surface area contributed by atoms with Gasteiger partial charge < -0.3 is 15.7 Å². The number of nitrogens with two attached hydrogens (primary N) is 1. The number of hydrogen-bond donors (Lipinski definition) is 4. The molecule has 0 unspecified atom stereocenters. The average molecular weight is 242 g/mol. The number of amides is 1. The Morgan fingerprint density at radius 1 is 1.28 bits per heavy atom. The lowest BCUT2D eigenvalue weighted by atomic mass is 10.1. The Morgan fingerprint density at radius 2 is 2.17 bits per heavy atom. The molecule has 0 radical (unpaired) electrons. The minimum atomic E-state index is -0.311. The van der Waals surface area contributed by atoms with Crippen molar-refractivity contribution in [3.63, 3.8) is 0 Å². The van der Waals surface area contributed by atoms with Crippen LogP contribution < -0.4 is 11.1 Å². The van der Waals surface area contributed by atoms with Gasteiger partial charge in [-0.25, -0.2) is 9.97 Å². The van der Waals surface area contributed by atoms with Crippen LogP contribution in [0.1, 0.15) is 10.4 Å². The third kappa shape index (κ3) is 1.67. The Morgan fingerprint density at radius 3 is 2.94 bits per heavy atom. The largest absolute Gasteiger partial charge is 0.399 e. The lowest BCUT2D eigenvalue weighted by Crippen LogP contribution is -2.14. The van der Waals surface area contributed by atoms with E-state index in [1.54, 1.807) is 24.5 Å². The van der Waals surface area contributed by atoms with E-state index in [1.807, 2.05) is 0 Å². The van der Waals surface area contributed by atoms with Crippen molar-refractivity contribution >= 4 is 28.6 Å². The monoisotopic (exact) mass is 242 g/mol. The van der Waals surface area contributed by atoms with Gasteiger partial charge in [0.05, 0.1) is 17.4 Å². The number of carbonyl (C=O) groups excluding carboxylic acids is 1. The highest BCUT2D eigenvalue weighted by molar-refractivity contribution is 6.11. The Bertz CT molecular complexity index is 699. The Hall–Kier alpha value is -2.83. The van der Waals surface area contributed by atoms with Crippen LogP contribution in [-0.2, 0) is 0 Å². The number of aromatic nitrogens is 4. The van der Waals surface area contributed by atoms with E-state index in [0.29, 0.717) is 22.7 Å². The van der Waals surface area contributed by atoms with Crippen LogP contribution in [0.5, 0.6) is 0 Å². The number of nitrogen functional groups attached to an aromatic ring is 1. The summed E-state index contributed by atoms with van der Waals surface area (Å²) in [5.41, 5.74) is 7.94. The van der Waals surface area contributed by atoms with Crippen LogP contribution in [0, 0.1) is 0 Å². The van der Waals surface area contributed by atoms with E-state index < -0.39 is 0 Å². The van der Waals surface area contributed by atoms with Crippen molar-refractivity contribution in [3.8, 4) is 0 Å². The number of aromatic amines is 2.